The molecule has 0 atom stereocenters. The van der Waals surface area contributed by atoms with Crippen LogP contribution in [0.25, 0.3) is 21.8 Å². The second-order valence-corrected chi connectivity index (χ2v) is 3.71. The maximum atomic E-state index is 9.11. The van der Waals surface area contributed by atoms with Crippen molar-refractivity contribution in [2.75, 3.05) is 0 Å². The Hall–Kier alpha value is -2.00. The maximum absolute atomic E-state index is 9.11. The van der Waals surface area contributed by atoms with Crippen molar-refractivity contribution in [1.82, 2.24) is 9.97 Å². The van der Waals surface area contributed by atoms with Gasteiger partial charge in [0.1, 0.15) is 0 Å². The Labute approximate surface area is 92.4 Å². The monoisotopic (exact) mass is 210 g/mol. The molecule has 0 saturated carbocycles. The van der Waals surface area contributed by atoms with Crippen LogP contribution in [-0.4, -0.2) is 15.1 Å². The van der Waals surface area contributed by atoms with Gasteiger partial charge in [0, 0.05) is 23.2 Å². The summed E-state index contributed by atoms with van der Waals surface area (Å²) in [6.45, 7) is 0.00611. The number of benzene rings is 1. The quantitative estimate of drug-likeness (QED) is 0.627. The summed E-state index contributed by atoms with van der Waals surface area (Å²) in [5, 5.41) is 11.2. The van der Waals surface area contributed by atoms with Gasteiger partial charge in [-0.3, -0.25) is 9.97 Å². The number of aliphatic hydroxyl groups is 1. The number of hydrogen-bond donors (Lipinski definition) is 1. The topological polar surface area (TPSA) is 46.0 Å². The average Bonchev–Trinajstić information content (AvgIpc) is 2.38. The van der Waals surface area contributed by atoms with Crippen molar-refractivity contribution < 1.29 is 5.11 Å². The Balaban J connectivity index is 2.47. The van der Waals surface area contributed by atoms with Gasteiger partial charge in [-0.15, -0.1) is 0 Å². The highest BCUT2D eigenvalue weighted by Gasteiger charge is 2.03. The van der Waals surface area contributed by atoms with E-state index in [1.54, 1.807) is 12.4 Å². The molecule has 0 unspecified atom stereocenters. The van der Waals surface area contributed by atoms with Crippen molar-refractivity contribution in [3.63, 3.8) is 0 Å². The van der Waals surface area contributed by atoms with Crippen molar-refractivity contribution in [2.45, 2.75) is 6.61 Å². The van der Waals surface area contributed by atoms with Gasteiger partial charge in [0.2, 0.25) is 0 Å². The van der Waals surface area contributed by atoms with Crippen LogP contribution in [0.5, 0.6) is 0 Å². The number of rotatable bonds is 1. The predicted octanol–water partition coefficient (Wildman–Crippen LogP) is 2.28. The van der Waals surface area contributed by atoms with E-state index in [0.29, 0.717) is 0 Å². The molecule has 0 bridgehead atoms. The lowest BCUT2D eigenvalue weighted by Crippen LogP contribution is -1.88. The van der Waals surface area contributed by atoms with E-state index < -0.39 is 0 Å². The van der Waals surface area contributed by atoms with Gasteiger partial charge in [-0.05, 0) is 23.8 Å². The smallest absolute Gasteiger partial charge is 0.0796 e. The SMILES string of the molecule is OCc1cnc2ccc3cccnc3c2c1. The summed E-state index contributed by atoms with van der Waals surface area (Å²) >= 11 is 0. The van der Waals surface area contributed by atoms with Gasteiger partial charge in [0.25, 0.3) is 0 Å². The molecular weight excluding hydrogens is 200 g/mol. The summed E-state index contributed by atoms with van der Waals surface area (Å²) in [6, 6.07) is 9.86. The molecule has 0 aliphatic rings. The molecule has 0 amide bonds. The van der Waals surface area contributed by atoms with Crippen LogP contribution in [0.1, 0.15) is 5.56 Å². The van der Waals surface area contributed by atoms with E-state index in [0.717, 1.165) is 27.4 Å². The van der Waals surface area contributed by atoms with Crippen LogP contribution in [0, 0.1) is 0 Å². The largest absolute Gasteiger partial charge is 0.392 e. The van der Waals surface area contributed by atoms with Gasteiger partial charge in [0.15, 0.2) is 0 Å². The third kappa shape index (κ3) is 1.33. The fourth-order valence-corrected chi connectivity index (χ4v) is 1.87. The Bertz CT molecular complexity index is 664. The van der Waals surface area contributed by atoms with Crippen LogP contribution in [0.15, 0.2) is 42.7 Å². The molecule has 0 aliphatic carbocycles. The van der Waals surface area contributed by atoms with E-state index in [-0.39, 0.29) is 6.61 Å². The Morgan fingerprint density at radius 1 is 1.12 bits per heavy atom. The van der Waals surface area contributed by atoms with Crippen molar-refractivity contribution in [2.24, 2.45) is 0 Å². The van der Waals surface area contributed by atoms with E-state index in [1.165, 1.54) is 0 Å². The first-order valence-corrected chi connectivity index (χ1v) is 5.12. The number of aromatic nitrogens is 2. The lowest BCUT2D eigenvalue weighted by atomic mass is 10.1. The fourth-order valence-electron chi connectivity index (χ4n) is 1.87. The van der Waals surface area contributed by atoms with Crippen molar-refractivity contribution in [1.29, 1.82) is 0 Å². The van der Waals surface area contributed by atoms with E-state index >= 15 is 0 Å². The van der Waals surface area contributed by atoms with Crippen molar-refractivity contribution in [3.8, 4) is 0 Å². The highest BCUT2D eigenvalue weighted by atomic mass is 16.3. The molecule has 0 fully saturated rings. The van der Waals surface area contributed by atoms with Gasteiger partial charge < -0.3 is 5.11 Å². The molecule has 1 N–H and O–H groups in total. The minimum absolute atomic E-state index is 0.00611. The highest BCUT2D eigenvalue weighted by Crippen LogP contribution is 2.22. The van der Waals surface area contributed by atoms with E-state index in [4.69, 9.17) is 5.11 Å². The minimum Gasteiger partial charge on any atom is -0.392 e. The number of aliphatic hydroxyl groups excluding tert-OH is 1. The number of nitrogens with zero attached hydrogens (tertiary/aromatic N) is 2. The zero-order valence-electron chi connectivity index (χ0n) is 8.59. The lowest BCUT2D eigenvalue weighted by molar-refractivity contribution is 0.281. The molecule has 16 heavy (non-hydrogen) atoms. The van der Waals surface area contributed by atoms with E-state index in [1.807, 2.05) is 30.3 Å². The number of fused-ring (bicyclic) bond motifs is 3. The normalized spacial score (nSPS) is 11.1. The first kappa shape index (κ1) is 9.24. The van der Waals surface area contributed by atoms with Crippen molar-refractivity contribution >= 4 is 21.8 Å². The van der Waals surface area contributed by atoms with Gasteiger partial charge in [-0.2, -0.15) is 0 Å². The molecule has 2 aromatic heterocycles. The summed E-state index contributed by atoms with van der Waals surface area (Å²) in [7, 11) is 0. The molecule has 0 saturated heterocycles. The second-order valence-electron chi connectivity index (χ2n) is 3.71. The Morgan fingerprint density at radius 2 is 2.06 bits per heavy atom. The van der Waals surface area contributed by atoms with Crippen LogP contribution >= 0.6 is 0 Å². The molecule has 78 valence electrons. The second kappa shape index (κ2) is 3.54. The zero-order valence-corrected chi connectivity index (χ0v) is 8.59. The molecule has 0 spiro atoms. The molecule has 0 radical (unpaired) electrons. The van der Waals surface area contributed by atoms with Gasteiger partial charge in [0.05, 0.1) is 17.6 Å². The molecule has 3 heteroatoms. The Kier molecular flexibility index (Phi) is 2.04. The predicted molar refractivity (Wildman–Crippen MR) is 63.0 cm³/mol. The van der Waals surface area contributed by atoms with Crippen LogP contribution in [-0.2, 0) is 6.61 Å². The van der Waals surface area contributed by atoms with Crippen LogP contribution in [0.2, 0.25) is 0 Å². The molecular formula is C13H10N2O. The van der Waals surface area contributed by atoms with Crippen LogP contribution in [0.3, 0.4) is 0 Å². The minimum atomic E-state index is 0.00611. The highest BCUT2D eigenvalue weighted by molar-refractivity contribution is 6.03. The fraction of sp³-hybridized carbons (Fsp3) is 0.0769. The standard InChI is InChI=1S/C13H10N2O/c16-8-9-6-11-12(15-7-9)4-3-10-2-1-5-14-13(10)11/h1-7,16H,8H2. The summed E-state index contributed by atoms with van der Waals surface area (Å²) in [6.07, 6.45) is 3.46. The molecule has 2 heterocycles. The summed E-state index contributed by atoms with van der Waals surface area (Å²) in [5.41, 5.74) is 2.65. The van der Waals surface area contributed by atoms with Gasteiger partial charge in [-0.25, -0.2) is 0 Å². The maximum Gasteiger partial charge on any atom is 0.0796 e. The number of pyridine rings is 2. The molecule has 1 aromatic carbocycles. The molecule has 3 nitrogen and oxygen atoms in total. The van der Waals surface area contributed by atoms with Gasteiger partial charge in [-0.1, -0.05) is 12.1 Å². The van der Waals surface area contributed by atoms with Crippen molar-refractivity contribution in [3.05, 3.63) is 48.3 Å². The first-order valence-electron chi connectivity index (χ1n) is 5.12. The molecule has 0 aliphatic heterocycles. The molecule has 3 aromatic rings. The number of hydrogen-bond acceptors (Lipinski definition) is 3. The Morgan fingerprint density at radius 3 is 2.94 bits per heavy atom. The average molecular weight is 210 g/mol. The van der Waals surface area contributed by atoms with E-state index in [2.05, 4.69) is 9.97 Å². The zero-order chi connectivity index (χ0) is 11.0. The third-order valence-electron chi connectivity index (χ3n) is 2.67. The van der Waals surface area contributed by atoms with Crippen LogP contribution in [0.4, 0.5) is 0 Å². The van der Waals surface area contributed by atoms with Gasteiger partial charge >= 0.3 is 0 Å². The lowest BCUT2D eigenvalue weighted by Gasteiger charge is -2.03. The summed E-state index contributed by atoms with van der Waals surface area (Å²) in [4.78, 5) is 8.67. The van der Waals surface area contributed by atoms with Crippen LogP contribution < -0.4 is 0 Å². The summed E-state index contributed by atoms with van der Waals surface area (Å²) < 4.78 is 0. The molecule has 3 rings (SSSR count). The summed E-state index contributed by atoms with van der Waals surface area (Å²) in [5.74, 6) is 0. The van der Waals surface area contributed by atoms with E-state index in [9.17, 15) is 0 Å². The third-order valence-corrected chi connectivity index (χ3v) is 2.67. The first-order chi connectivity index (χ1) is 7.88.